The molecular formula is C10H16N6O5S. The Kier molecular flexibility index (Phi) is 5.05. The molecule has 11 nitrogen and oxygen atoms in total. The standard InChI is InChI=1S/C10H16N6O5S/c1-7-11-8(14-10(12-7)20-2)13-9(17)15-22(18,19)16-3-5-21-6-4-16/h3-6H2,1-2H3,(H2,11,12,13,14,15,17). The first-order valence-corrected chi connectivity index (χ1v) is 7.78. The molecule has 0 saturated carbocycles. The molecule has 0 aromatic carbocycles. The molecule has 2 amide bonds. The molecule has 0 aliphatic carbocycles. The van der Waals surface area contributed by atoms with Gasteiger partial charge in [-0.25, -0.2) is 9.52 Å². The van der Waals surface area contributed by atoms with E-state index in [-0.39, 0.29) is 38.3 Å². The average Bonchev–Trinajstić information content (AvgIpc) is 2.46. The summed E-state index contributed by atoms with van der Waals surface area (Å²) in [5.41, 5.74) is 0. The van der Waals surface area contributed by atoms with E-state index in [9.17, 15) is 13.2 Å². The fourth-order valence-electron chi connectivity index (χ4n) is 1.70. The summed E-state index contributed by atoms with van der Waals surface area (Å²) in [5.74, 6) is 0.206. The van der Waals surface area contributed by atoms with Crippen LogP contribution in [0.25, 0.3) is 0 Å². The van der Waals surface area contributed by atoms with Gasteiger partial charge in [0.2, 0.25) is 5.95 Å². The number of amides is 2. The zero-order valence-electron chi connectivity index (χ0n) is 12.1. The van der Waals surface area contributed by atoms with Gasteiger partial charge in [0.15, 0.2) is 0 Å². The van der Waals surface area contributed by atoms with Gasteiger partial charge in [-0.2, -0.15) is 27.7 Å². The monoisotopic (exact) mass is 332 g/mol. The summed E-state index contributed by atoms with van der Waals surface area (Å²) < 4.78 is 36.9. The molecule has 0 bridgehead atoms. The van der Waals surface area contributed by atoms with Crippen molar-refractivity contribution in [1.29, 1.82) is 0 Å². The number of rotatable bonds is 4. The second-order valence-corrected chi connectivity index (χ2v) is 5.94. The van der Waals surface area contributed by atoms with Crippen molar-refractivity contribution < 1.29 is 22.7 Å². The van der Waals surface area contributed by atoms with Gasteiger partial charge in [-0.1, -0.05) is 0 Å². The molecule has 2 N–H and O–H groups in total. The number of urea groups is 1. The van der Waals surface area contributed by atoms with E-state index < -0.39 is 16.2 Å². The minimum atomic E-state index is -3.94. The van der Waals surface area contributed by atoms with Crippen molar-refractivity contribution in [3.8, 4) is 6.01 Å². The Hall–Kier alpha value is -2.05. The number of hydrogen-bond donors (Lipinski definition) is 2. The Morgan fingerprint density at radius 3 is 2.59 bits per heavy atom. The van der Waals surface area contributed by atoms with Crippen molar-refractivity contribution in [2.24, 2.45) is 0 Å². The zero-order valence-corrected chi connectivity index (χ0v) is 12.9. The number of carbonyl (C=O) groups excluding carboxylic acids is 1. The normalized spacial score (nSPS) is 16.1. The van der Waals surface area contributed by atoms with Crippen LogP contribution < -0.4 is 14.8 Å². The molecule has 1 fully saturated rings. The Morgan fingerprint density at radius 2 is 1.95 bits per heavy atom. The molecule has 1 aromatic rings. The van der Waals surface area contributed by atoms with E-state index in [1.165, 1.54) is 7.11 Å². The Bertz CT molecular complexity index is 645. The smallest absolute Gasteiger partial charge is 0.336 e. The topological polar surface area (TPSA) is 136 Å². The van der Waals surface area contributed by atoms with Crippen molar-refractivity contribution in [3.63, 3.8) is 0 Å². The van der Waals surface area contributed by atoms with E-state index in [1.54, 1.807) is 6.92 Å². The van der Waals surface area contributed by atoms with Crippen LogP contribution in [-0.4, -0.2) is 67.1 Å². The largest absolute Gasteiger partial charge is 0.467 e. The molecule has 0 radical (unpaired) electrons. The van der Waals surface area contributed by atoms with Crippen LogP contribution in [0.3, 0.4) is 0 Å². The van der Waals surface area contributed by atoms with Crippen LogP contribution in [0.2, 0.25) is 0 Å². The minimum Gasteiger partial charge on any atom is -0.467 e. The summed E-state index contributed by atoms with van der Waals surface area (Å²) >= 11 is 0. The van der Waals surface area contributed by atoms with E-state index in [0.717, 1.165) is 4.31 Å². The molecule has 122 valence electrons. The SMILES string of the molecule is COc1nc(C)nc(NC(=O)NS(=O)(=O)N2CCOCC2)n1. The van der Waals surface area contributed by atoms with Gasteiger partial charge < -0.3 is 9.47 Å². The van der Waals surface area contributed by atoms with E-state index in [4.69, 9.17) is 9.47 Å². The number of anilines is 1. The number of aromatic nitrogens is 3. The Morgan fingerprint density at radius 1 is 1.27 bits per heavy atom. The number of morpholine rings is 1. The molecule has 12 heteroatoms. The lowest BCUT2D eigenvalue weighted by Gasteiger charge is -2.25. The van der Waals surface area contributed by atoms with Crippen molar-refractivity contribution in [3.05, 3.63) is 5.82 Å². The molecule has 2 rings (SSSR count). The maximum Gasteiger partial charge on any atom is 0.336 e. The molecule has 0 spiro atoms. The number of ether oxygens (including phenoxy) is 2. The Balaban J connectivity index is 2.01. The third kappa shape index (κ3) is 4.22. The second kappa shape index (κ2) is 6.81. The van der Waals surface area contributed by atoms with Crippen molar-refractivity contribution in [2.75, 3.05) is 38.7 Å². The first-order valence-electron chi connectivity index (χ1n) is 6.34. The van der Waals surface area contributed by atoms with Gasteiger partial charge in [0.1, 0.15) is 5.82 Å². The van der Waals surface area contributed by atoms with Crippen LogP contribution in [0.1, 0.15) is 5.82 Å². The summed E-state index contributed by atoms with van der Waals surface area (Å²) in [6, 6.07) is -0.960. The van der Waals surface area contributed by atoms with E-state index in [1.807, 2.05) is 4.72 Å². The molecular weight excluding hydrogens is 316 g/mol. The molecule has 1 aromatic heterocycles. The van der Waals surface area contributed by atoms with Gasteiger partial charge >= 0.3 is 22.3 Å². The molecule has 2 heterocycles. The molecule has 1 aliphatic rings. The predicted molar refractivity (Wildman–Crippen MR) is 74.6 cm³/mol. The summed E-state index contributed by atoms with van der Waals surface area (Å²) in [6.07, 6.45) is 0. The molecule has 22 heavy (non-hydrogen) atoms. The van der Waals surface area contributed by atoms with Crippen LogP contribution in [-0.2, 0) is 14.9 Å². The third-order valence-electron chi connectivity index (χ3n) is 2.67. The van der Waals surface area contributed by atoms with E-state index >= 15 is 0 Å². The quantitative estimate of drug-likeness (QED) is 0.708. The minimum absolute atomic E-state index is 0.0128. The van der Waals surface area contributed by atoms with Gasteiger partial charge in [-0.05, 0) is 6.92 Å². The molecule has 1 aliphatic heterocycles. The second-order valence-electron chi connectivity index (χ2n) is 4.27. The summed E-state index contributed by atoms with van der Waals surface area (Å²) in [4.78, 5) is 23.3. The van der Waals surface area contributed by atoms with Crippen LogP contribution in [0.4, 0.5) is 10.7 Å². The highest BCUT2D eigenvalue weighted by Crippen LogP contribution is 2.07. The number of carbonyl (C=O) groups is 1. The zero-order chi connectivity index (χ0) is 16.2. The van der Waals surface area contributed by atoms with Crippen molar-refractivity contribution in [2.45, 2.75) is 6.92 Å². The van der Waals surface area contributed by atoms with Gasteiger partial charge in [0.25, 0.3) is 0 Å². The predicted octanol–water partition coefficient (Wildman–Crippen LogP) is -1.11. The fourth-order valence-corrected chi connectivity index (χ4v) is 2.74. The summed E-state index contributed by atoms with van der Waals surface area (Å²) in [7, 11) is -2.58. The van der Waals surface area contributed by atoms with Gasteiger partial charge in [-0.15, -0.1) is 0 Å². The lowest BCUT2D eigenvalue weighted by atomic mass is 10.5. The maximum absolute atomic E-state index is 12.0. The van der Waals surface area contributed by atoms with Gasteiger partial charge in [0, 0.05) is 13.1 Å². The third-order valence-corrected chi connectivity index (χ3v) is 4.15. The van der Waals surface area contributed by atoms with Crippen LogP contribution in [0.15, 0.2) is 0 Å². The highest BCUT2D eigenvalue weighted by Gasteiger charge is 2.26. The van der Waals surface area contributed by atoms with Crippen LogP contribution in [0, 0.1) is 6.92 Å². The number of hydrogen-bond acceptors (Lipinski definition) is 8. The van der Waals surface area contributed by atoms with Crippen LogP contribution >= 0.6 is 0 Å². The Labute approximate surface area is 127 Å². The van der Waals surface area contributed by atoms with Gasteiger partial charge in [0.05, 0.1) is 20.3 Å². The number of nitrogens with one attached hydrogen (secondary N) is 2. The van der Waals surface area contributed by atoms with Crippen LogP contribution in [0.5, 0.6) is 6.01 Å². The number of nitrogens with zero attached hydrogens (tertiary/aromatic N) is 4. The van der Waals surface area contributed by atoms with Crippen molar-refractivity contribution in [1.82, 2.24) is 24.0 Å². The molecule has 0 unspecified atom stereocenters. The maximum atomic E-state index is 12.0. The summed E-state index contributed by atoms with van der Waals surface area (Å²) in [6.45, 7) is 2.51. The van der Waals surface area contributed by atoms with E-state index in [2.05, 4.69) is 20.3 Å². The molecule has 0 atom stereocenters. The number of methoxy groups -OCH3 is 1. The summed E-state index contributed by atoms with van der Waals surface area (Å²) in [5, 5.41) is 2.22. The molecule has 1 saturated heterocycles. The first-order chi connectivity index (χ1) is 10.4. The first kappa shape index (κ1) is 16.3. The average molecular weight is 332 g/mol. The van der Waals surface area contributed by atoms with Crippen molar-refractivity contribution >= 4 is 22.2 Å². The lowest BCUT2D eigenvalue weighted by molar-refractivity contribution is 0.0726. The lowest BCUT2D eigenvalue weighted by Crippen LogP contribution is -2.49. The fraction of sp³-hybridized carbons (Fsp3) is 0.600. The highest BCUT2D eigenvalue weighted by atomic mass is 32.2. The number of aryl methyl sites for hydroxylation is 1. The van der Waals surface area contributed by atoms with E-state index in [0.29, 0.717) is 5.82 Å². The highest BCUT2D eigenvalue weighted by molar-refractivity contribution is 7.87. The van der Waals surface area contributed by atoms with Gasteiger partial charge in [-0.3, -0.25) is 5.32 Å².